The first-order valence-corrected chi connectivity index (χ1v) is 10.9. The molecule has 0 aliphatic carbocycles. The van der Waals surface area contributed by atoms with Gasteiger partial charge >= 0.3 is 0 Å². The van der Waals surface area contributed by atoms with E-state index in [0.717, 1.165) is 50.9 Å². The van der Waals surface area contributed by atoms with Crippen LogP contribution in [-0.2, 0) is 16.1 Å². The maximum absolute atomic E-state index is 12.7. The number of benzene rings is 1. The second kappa shape index (κ2) is 12.1. The fourth-order valence-electron chi connectivity index (χ4n) is 3.71. The van der Waals surface area contributed by atoms with Crippen LogP contribution in [0.4, 0.5) is 0 Å². The molecule has 30 heavy (non-hydrogen) atoms. The van der Waals surface area contributed by atoms with Gasteiger partial charge in [0.1, 0.15) is 12.7 Å². The van der Waals surface area contributed by atoms with Crippen molar-refractivity contribution >= 4 is 11.8 Å². The van der Waals surface area contributed by atoms with Crippen molar-refractivity contribution in [1.29, 1.82) is 0 Å². The lowest BCUT2D eigenvalue weighted by Crippen LogP contribution is -2.35. The van der Waals surface area contributed by atoms with Crippen LogP contribution < -0.4 is 10.6 Å². The van der Waals surface area contributed by atoms with Gasteiger partial charge in [-0.2, -0.15) is 5.10 Å². The molecule has 1 aromatic heterocycles. The molecule has 1 fully saturated rings. The Labute approximate surface area is 178 Å². The van der Waals surface area contributed by atoms with Crippen molar-refractivity contribution in [2.45, 2.75) is 51.1 Å². The lowest BCUT2D eigenvalue weighted by molar-refractivity contribution is -0.131. The van der Waals surface area contributed by atoms with Gasteiger partial charge in [0.25, 0.3) is 0 Å². The number of rotatable bonds is 5. The zero-order valence-corrected chi connectivity index (χ0v) is 17.5. The molecule has 0 spiro atoms. The third-order valence-corrected chi connectivity index (χ3v) is 5.36. The van der Waals surface area contributed by atoms with Gasteiger partial charge in [-0.1, -0.05) is 30.3 Å². The van der Waals surface area contributed by atoms with E-state index in [2.05, 4.69) is 20.7 Å². The minimum Gasteiger partial charge on any atom is -0.356 e. The molecule has 2 N–H and O–H groups in total. The molecule has 162 valence electrons. The van der Waals surface area contributed by atoms with Gasteiger partial charge < -0.3 is 15.5 Å². The van der Waals surface area contributed by atoms with Crippen molar-refractivity contribution in [1.82, 2.24) is 30.3 Å². The summed E-state index contributed by atoms with van der Waals surface area (Å²) in [6, 6.07) is 10.1. The molecule has 1 aliphatic heterocycles. The molecule has 2 aromatic rings. The summed E-state index contributed by atoms with van der Waals surface area (Å²) in [4.78, 5) is 31.0. The number of hydrogen-bond donors (Lipinski definition) is 2. The highest BCUT2D eigenvalue weighted by molar-refractivity contribution is 5.77. The minimum absolute atomic E-state index is 0.0150. The highest BCUT2D eigenvalue weighted by atomic mass is 16.2. The fraction of sp³-hybridized carbons (Fsp3) is 0.545. The number of amides is 2. The molecule has 1 aliphatic rings. The molecule has 8 heteroatoms. The smallest absolute Gasteiger partial charge is 0.222 e. The van der Waals surface area contributed by atoms with E-state index in [9.17, 15) is 9.59 Å². The van der Waals surface area contributed by atoms with Crippen LogP contribution in [-0.4, -0.2) is 57.7 Å². The quantitative estimate of drug-likeness (QED) is 0.783. The van der Waals surface area contributed by atoms with E-state index in [1.807, 2.05) is 35.2 Å². The maximum Gasteiger partial charge on any atom is 0.222 e. The summed E-state index contributed by atoms with van der Waals surface area (Å²) < 4.78 is 1.75. The van der Waals surface area contributed by atoms with Crippen molar-refractivity contribution in [2.75, 3.05) is 26.2 Å². The number of aromatic nitrogens is 3. The van der Waals surface area contributed by atoms with E-state index in [1.54, 1.807) is 11.0 Å². The van der Waals surface area contributed by atoms with Crippen molar-refractivity contribution in [2.24, 2.45) is 0 Å². The van der Waals surface area contributed by atoms with E-state index in [1.165, 1.54) is 6.33 Å². The van der Waals surface area contributed by atoms with E-state index < -0.39 is 0 Å². The van der Waals surface area contributed by atoms with Crippen molar-refractivity contribution in [3.63, 3.8) is 0 Å². The molecule has 1 aromatic carbocycles. The van der Waals surface area contributed by atoms with Crippen LogP contribution in [0, 0.1) is 0 Å². The average Bonchev–Trinajstić information content (AvgIpc) is 3.28. The first-order chi connectivity index (χ1) is 14.7. The summed E-state index contributed by atoms with van der Waals surface area (Å²) in [5, 5.41) is 10.6. The third-order valence-electron chi connectivity index (χ3n) is 5.36. The zero-order valence-electron chi connectivity index (χ0n) is 17.5. The molecule has 2 heterocycles. The summed E-state index contributed by atoms with van der Waals surface area (Å²) in [7, 11) is 0. The van der Waals surface area contributed by atoms with Gasteiger partial charge in [0.2, 0.25) is 11.8 Å². The van der Waals surface area contributed by atoms with Crippen molar-refractivity contribution in [3.05, 3.63) is 48.5 Å². The number of nitrogens with zero attached hydrogens (tertiary/aromatic N) is 4. The Morgan fingerprint density at radius 3 is 2.73 bits per heavy atom. The van der Waals surface area contributed by atoms with Crippen LogP contribution in [0.2, 0.25) is 0 Å². The van der Waals surface area contributed by atoms with Gasteiger partial charge in [0.05, 0.1) is 0 Å². The summed E-state index contributed by atoms with van der Waals surface area (Å²) >= 11 is 0. The van der Waals surface area contributed by atoms with Crippen LogP contribution in [0.1, 0.15) is 50.1 Å². The standard InChI is InChI=1S/C22H32N6O2/c29-21-16-20(19-8-2-1-3-9-19)24-12-7-14-27(13-5-4-11-25-21)22(30)10-6-15-28-18-23-17-26-28/h1-3,8-9,17-18,20,24H,4-7,10-16H2,(H,25,29). The number of hydrogen-bond acceptors (Lipinski definition) is 5. The van der Waals surface area contributed by atoms with E-state index in [4.69, 9.17) is 0 Å². The van der Waals surface area contributed by atoms with Crippen LogP contribution in [0.25, 0.3) is 0 Å². The second-order valence-corrected chi connectivity index (χ2v) is 7.68. The van der Waals surface area contributed by atoms with Crippen molar-refractivity contribution < 1.29 is 9.59 Å². The van der Waals surface area contributed by atoms with Crippen LogP contribution >= 0.6 is 0 Å². The van der Waals surface area contributed by atoms with E-state index >= 15 is 0 Å². The van der Waals surface area contributed by atoms with Gasteiger partial charge in [0.15, 0.2) is 0 Å². The van der Waals surface area contributed by atoms with Gasteiger partial charge in [-0.15, -0.1) is 0 Å². The highest BCUT2D eigenvalue weighted by Crippen LogP contribution is 2.17. The Kier molecular flexibility index (Phi) is 8.83. The maximum atomic E-state index is 12.7. The Balaban J connectivity index is 1.53. The predicted octanol–water partition coefficient (Wildman–Crippen LogP) is 1.91. The molecular formula is C22H32N6O2. The van der Waals surface area contributed by atoms with Crippen LogP contribution in [0.3, 0.4) is 0 Å². The van der Waals surface area contributed by atoms with Gasteiger partial charge in [0, 0.05) is 45.1 Å². The monoisotopic (exact) mass is 412 g/mol. The van der Waals surface area contributed by atoms with E-state index in [0.29, 0.717) is 25.9 Å². The van der Waals surface area contributed by atoms with Gasteiger partial charge in [-0.3, -0.25) is 14.3 Å². The second-order valence-electron chi connectivity index (χ2n) is 7.68. The third kappa shape index (κ3) is 7.26. The number of nitrogens with one attached hydrogen (secondary N) is 2. The number of aryl methyl sites for hydroxylation is 1. The van der Waals surface area contributed by atoms with Crippen LogP contribution in [0.15, 0.2) is 43.0 Å². The molecule has 0 saturated carbocycles. The number of carbonyl (C=O) groups excluding carboxylic acids is 2. The summed E-state index contributed by atoms with van der Waals surface area (Å²) in [5.74, 6) is 0.255. The average molecular weight is 413 g/mol. The Morgan fingerprint density at radius 1 is 1.10 bits per heavy atom. The predicted molar refractivity (Wildman–Crippen MR) is 114 cm³/mol. The minimum atomic E-state index is -0.0150. The first kappa shape index (κ1) is 22.0. The lowest BCUT2D eigenvalue weighted by atomic mass is 10.0. The van der Waals surface area contributed by atoms with Gasteiger partial charge in [-0.05, 0) is 37.8 Å². The number of carbonyl (C=O) groups is 2. The van der Waals surface area contributed by atoms with Crippen LogP contribution in [0.5, 0.6) is 0 Å². The topological polar surface area (TPSA) is 92.2 Å². The zero-order chi connectivity index (χ0) is 21.0. The summed E-state index contributed by atoms with van der Waals surface area (Å²) in [5.41, 5.74) is 1.11. The van der Waals surface area contributed by atoms with Gasteiger partial charge in [-0.25, -0.2) is 4.98 Å². The van der Waals surface area contributed by atoms with E-state index in [-0.39, 0.29) is 17.9 Å². The summed E-state index contributed by atoms with van der Waals surface area (Å²) in [6.07, 6.45) is 7.50. The highest BCUT2D eigenvalue weighted by Gasteiger charge is 2.17. The molecule has 3 rings (SSSR count). The molecule has 1 unspecified atom stereocenters. The Bertz CT molecular complexity index is 765. The summed E-state index contributed by atoms with van der Waals surface area (Å²) in [6.45, 7) is 3.58. The lowest BCUT2D eigenvalue weighted by Gasteiger charge is -2.23. The van der Waals surface area contributed by atoms with Crippen molar-refractivity contribution in [3.8, 4) is 0 Å². The molecule has 1 saturated heterocycles. The normalized spacial score (nSPS) is 19.3. The Hall–Kier alpha value is -2.74. The molecule has 8 nitrogen and oxygen atoms in total. The molecule has 2 amide bonds. The molecular weight excluding hydrogens is 380 g/mol. The molecule has 0 radical (unpaired) electrons. The SMILES string of the molecule is O=C1CC(c2ccccc2)NCCCN(C(=O)CCCn2cncn2)CCCCN1. The molecule has 0 bridgehead atoms. The Morgan fingerprint density at radius 2 is 1.93 bits per heavy atom. The fourth-order valence-corrected chi connectivity index (χ4v) is 3.71. The molecule has 1 atom stereocenters. The first-order valence-electron chi connectivity index (χ1n) is 10.9. The largest absolute Gasteiger partial charge is 0.356 e.